The Bertz CT molecular complexity index is 633. The van der Waals surface area contributed by atoms with Crippen molar-refractivity contribution in [1.29, 1.82) is 0 Å². The van der Waals surface area contributed by atoms with E-state index in [0.29, 0.717) is 18.6 Å². The minimum absolute atomic E-state index is 0.292. The monoisotopic (exact) mass is 288 g/mol. The van der Waals surface area contributed by atoms with Crippen molar-refractivity contribution >= 4 is 11.9 Å². The maximum atomic E-state index is 12.7. The zero-order chi connectivity index (χ0) is 15.5. The highest BCUT2D eigenvalue weighted by Gasteiger charge is 2.76. The van der Waals surface area contributed by atoms with E-state index in [9.17, 15) is 9.59 Å². The molecule has 1 aliphatic heterocycles. The zero-order valence-corrected chi connectivity index (χ0v) is 12.9. The molecule has 112 valence electrons. The predicted octanol–water partition coefficient (Wildman–Crippen LogP) is 3.02. The first kappa shape index (κ1) is 14.1. The summed E-state index contributed by atoms with van der Waals surface area (Å²) < 4.78 is 11.0. The average molecular weight is 288 g/mol. The smallest absolute Gasteiger partial charge is 0.356 e. The molecule has 1 aliphatic carbocycles. The molecule has 21 heavy (non-hydrogen) atoms. The van der Waals surface area contributed by atoms with E-state index in [1.165, 1.54) is 0 Å². The lowest BCUT2D eigenvalue weighted by Crippen LogP contribution is -2.50. The molecule has 0 N–H and O–H groups in total. The first-order valence-corrected chi connectivity index (χ1v) is 7.25. The number of benzene rings is 1. The van der Waals surface area contributed by atoms with Gasteiger partial charge < -0.3 is 9.47 Å². The summed E-state index contributed by atoms with van der Waals surface area (Å²) in [6.07, 6.45) is 1.18. The number of fused-ring (bicyclic) bond motifs is 2. The van der Waals surface area contributed by atoms with E-state index in [1.807, 2.05) is 39.8 Å². The average Bonchev–Trinajstić information content (AvgIpc) is 2.69. The Hall–Kier alpha value is -1.84. The summed E-state index contributed by atoms with van der Waals surface area (Å²) in [5, 5.41) is 0. The highest BCUT2D eigenvalue weighted by Crippen LogP contribution is 2.65. The van der Waals surface area contributed by atoms with E-state index in [-0.39, 0.29) is 5.97 Å². The minimum Gasteiger partial charge on any atom is -0.446 e. The number of carbonyl (C=O) groups is 2. The van der Waals surface area contributed by atoms with Gasteiger partial charge in [-0.05, 0) is 44.4 Å². The second kappa shape index (κ2) is 4.09. The molecule has 4 nitrogen and oxygen atoms in total. The third-order valence-corrected chi connectivity index (χ3v) is 5.61. The molecule has 1 heterocycles. The Balaban J connectivity index is 1.93. The molecule has 0 radical (unpaired) electrons. The lowest BCUT2D eigenvalue weighted by Gasteiger charge is -2.34. The summed E-state index contributed by atoms with van der Waals surface area (Å²) in [7, 11) is 0. The molecule has 0 amide bonds. The molecule has 2 aliphatic rings. The molecule has 0 spiro atoms. The van der Waals surface area contributed by atoms with Gasteiger partial charge in [0.25, 0.3) is 0 Å². The largest absolute Gasteiger partial charge is 0.446 e. The van der Waals surface area contributed by atoms with Crippen LogP contribution in [-0.4, -0.2) is 17.5 Å². The molecule has 2 fully saturated rings. The van der Waals surface area contributed by atoms with Crippen molar-refractivity contribution in [1.82, 2.24) is 0 Å². The fraction of sp³-hybridized carbons (Fsp3) is 0.529. The molecule has 1 aromatic rings. The summed E-state index contributed by atoms with van der Waals surface area (Å²) in [5.41, 5.74) is -1.34. The van der Waals surface area contributed by atoms with Gasteiger partial charge in [0.05, 0.1) is 5.41 Å². The summed E-state index contributed by atoms with van der Waals surface area (Å²) >= 11 is 0. The Morgan fingerprint density at radius 1 is 1.24 bits per heavy atom. The Labute approximate surface area is 124 Å². The van der Waals surface area contributed by atoms with Gasteiger partial charge in [0, 0.05) is 5.41 Å². The van der Waals surface area contributed by atoms with Crippen LogP contribution in [0.4, 0.5) is 0 Å². The van der Waals surface area contributed by atoms with Gasteiger partial charge in [0.15, 0.2) is 0 Å². The van der Waals surface area contributed by atoms with Gasteiger partial charge in [-0.1, -0.05) is 26.0 Å². The molecule has 2 atom stereocenters. The first-order valence-electron chi connectivity index (χ1n) is 7.25. The minimum atomic E-state index is -1.16. The maximum Gasteiger partial charge on any atom is 0.356 e. The van der Waals surface area contributed by atoms with Crippen molar-refractivity contribution < 1.29 is 19.1 Å². The molecular weight excluding hydrogens is 268 g/mol. The van der Waals surface area contributed by atoms with E-state index in [2.05, 4.69) is 0 Å². The van der Waals surface area contributed by atoms with Gasteiger partial charge in [-0.3, -0.25) is 4.79 Å². The molecule has 0 aromatic heterocycles. The number of hydrogen-bond acceptors (Lipinski definition) is 4. The first-order chi connectivity index (χ1) is 9.73. The lowest BCUT2D eigenvalue weighted by molar-refractivity contribution is -0.176. The lowest BCUT2D eigenvalue weighted by atomic mass is 9.66. The molecule has 1 aromatic carbocycles. The highest BCUT2D eigenvalue weighted by molar-refractivity contribution is 5.94. The fourth-order valence-electron chi connectivity index (χ4n) is 3.57. The van der Waals surface area contributed by atoms with Gasteiger partial charge in [-0.2, -0.15) is 0 Å². The van der Waals surface area contributed by atoms with Crippen LogP contribution in [0.15, 0.2) is 24.3 Å². The number of esters is 2. The molecule has 3 rings (SSSR count). The second-order valence-electron chi connectivity index (χ2n) is 6.88. The van der Waals surface area contributed by atoms with Gasteiger partial charge in [-0.15, -0.1) is 0 Å². The van der Waals surface area contributed by atoms with E-state index in [0.717, 1.165) is 5.56 Å². The number of rotatable bonds is 2. The fourth-order valence-corrected chi connectivity index (χ4v) is 3.57. The Kier molecular flexibility index (Phi) is 2.75. The van der Waals surface area contributed by atoms with Crippen LogP contribution >= 0.6 is 0 Å². The summed E-state index contributed by atoms with van der Waals surface area (Å²) in [6.45, 7) is 7.65. The topological polar surface area (TPSA) is 52.6 Å². The number of ether oxygens (including phenoxy) is 2. The van der Waals surface area contributed by atoms with Crippen LogP contribution in [0.3, 0.4) is 0 Å². The summed E-state index contributed by atoms with van der Waals surface area (Å²) in [6, 6.07) is 7.30. The maximum absolute atomic E-state index is 12.7. The normalized spacial score (nSPS) is 32.9. The van der Waals surface area contributed by atoms with Crippen LogP contribution in [-0.2, 0) is 14.3 Å². The zero-order valence-electron chi connectivity index (χ0n) is 12.9. The van der Waals surface area contributed by atoms with Gasteiger partial charge in [-0.25, -0.2) is 4.79 Å². The van der Waals surface area contributed by atoms with Crippen molar-refractivity contribution in [2.24, 2.45) is 10.8 Å². The third-order valence-electron chi connectivity index (χ3n) is 5.61. The van der Waals surface area contributed by atoms with Crippen molar-refractivity contribution in [2.45, 2.75) is 46.1 Å². The molecule has 2 unspecified atom stereocenters. The third kappa shape index (κ3) is 1.62. The van der Waals surface area contributed by atoms with Gasteiger partial charge in [0.2, 0.25) is 5.60 Å². The van der Waals surface area contributed by atoms with Crippen LogP contribution in [0.2, 0.25) is 0 Å². The van der Waals surface area contributed by atoms with E-state index in [1.54, 1.807) is 12.1 Å². The molecule has 2 bridgehead atoms. The van der Waals surface area contributed by atoms with Gasteiger partial charge in [0.1, 0.15) is 5.75 Å². The van der Waals surface area contributed by atoms with E-state index >= 15 is 0 Å². The van der Waals surface area contributed by atoms with E-state index in [4.69, 9.17) is 9.47 Å². The molecule has 1 saturated carbocycles. The van der Waals surface area contributed by atoms with Crippen LogP contribution in [0.25, 0.3) is 0 Å². The summed E-state index contributed by atoms with van der Waals surface area (Å²) in [5.74, 6) is -0.269. The van der Waals surface area contributed by atoms with Gasteiger partial charge >= 0.3 is 11.9 Å². The Morgan fingerprint density at radius 2 is 1.95 bits per heavy atom. The number of hydrogen-bond donors (Lipinski definition) is 0. The van der Waals surface area contributed by atoms with Crippen molar-refractivity contribution in [3.8, 4) is 5.75 Å². The quantitative estimate of drug-likeness (QED) is 0.620. The van der Waals surface area contributed by atoms with Crippen molar-refractivity contribution in [3.63, 3.8) is 0 Å². The highest BCUT2D eigenvalue weighted by atomic mass is 16.6. The van der Waals surface area contributed by atoms with E-state index < -0.39 is 22.4 Å². The standard InChI is InChI=1S/C17H20O4/c1-11-6-5-7-12(10-11)20-14(19)17-9-8-16(4,13(18)21-17)15(17,2)3/h5-7,10H,8-9H2,1-4H3. The predicted molar refractivity (Wildman–Crippen MR) is 76.8 cm³/mol. The molecule has 4 heteroatoms. The van der Waals surface area contributed by atoms with Crippen LogP contribution < -0.4 is 4.74 Å². The van der Waals surface area contributed by atoms with Crippen LogP contribution in [0, 0.1) is 17.8 Å². The SMILES string of the molecule is Cc1cccc(OC(=O)C23CCC(C)(C(=O)O2)C3(C)C)c1. The number of aryl methyl sites for hydroxylation is 1. The van der Waals surface area contributed by atoms with Crippen LogP contribution in [0.5, 0.6) is 5.75 Å². The van der Waals surface area contributed by atoms with Crippen LogP contribution in [0.1, 0.15) is 39.2 Å². The Morgan fingerprint density at radius 3 is 2.48 bits per heavy atom. The number of carbonyl (C=O) groups excluding carboxylic acids is 2. The molecule has 1 saturated heterocycles. The van der Waals surface area contributed by atoms with Crippen molar-refractivity contribution in [3.05, 3.63) is 29.8 Å². The summed E-state index contributed by atoms with van der Waals surface area (Å²) in [4.78, 5) is 24.9. The van der Waals surface area contributed by atoms with Crippen molar-refractivity contribution in [2.75, 3.05) is 0 Å². The molecular formula is C17H20O4. The second-order valence-corrected chi connectivity index (χ2v) is 6.88.